The fraction of sp³-hybridized carbons (Fsp3) is 0.357. The summed E-state index contributed by atoms with van der Waals surface area (Å²) in [6, 6.07) is 3.65. The van der Waals surface area contributed by atoms with E-state index in [9.17, 15) is 0 Å². The van der Waals surface area contributed by atoms with E-state index in [2.05, 4.69) is 37.7 Å². The number of halogens is 2. The van der Waals surface area contributed by atoms with Crippen LogP contribution in [0.5, 0.6) is 5.75 Å². The Kier molecular flexibility index (Phi) is 5.31. The molecule has 0 unspecified atom stereocenters. The number of ether oxygens (including phenoxy) is 1. The first kappa shape index (κ1) is 15.2. The van der Waals surface area contributed by atoms with Crippen molar-refractivity contribution < 1.29 is 4.74 Å². The largest absolute Gasteiger partial charge is 0.493 e. The number of methoxy groups -OCH3 is 1. The highest BCUT2D eigenvalue weighted by atomic mass is 79.9. The van der Waals surface area contributed by atoms with Crippen LogP contribution >= 0.6 is 27.5 Å². The Morgan fingerprint density at radius 1 is 1.45 bits per heavy atom. The van der Waals surface area contributed by atoms with Gasteiger partial charge in [0, 0.05) is 24.0 Å². The minimum absolute atomic E-state index is 0.621. The molecule has 1 aromatic carbocycles. The third-order valence-corrected chi connectivity index (χ3v) is 3.72. The Morgan fingerprint density at radius 3 is 2.95 bits per heavy atom. The summed E-state index contributed by atoms with van der Waals surface area (Å²) >= 11 is 9.52. The number of aryl methyl sites for hydroxylation is 1. The van der Waals surface area contributed by atoms with Crippen LogP contribution in [-0.2, 0) is 13.1 Å². The fourth-order valence-corrected chi connectivity index (χ4v) is 3.00. The van der Waals surface area contributed by atoms with Crippen LogP contribution in [0.3, 0.4) is 0 Å². The maximum atomic E-state index is 6.07. The molecule has 0 radical (unpaired) electrons. The zero-order chi connectivity index (χ0) is 14.5. The van der Waals surface area contributed by atoms with E-state index < -0.39 is 0 Å². The molecule has 0 saturated carbocycles. The van der Waals surface area contributed by atoms with Gasteiger partial charge in [-0.1, -0.05) is 18.5 Å². The van der Waals surface area contributed by atoms with E-state index in [1.54, 1.807) is 7.11 Å². The molecule has 0 bridgehead atoms. The lowest BCUT2D eigenvalue weighted by Gasteiger charge is -2.14. The van der Waals surface area contributed by atoms with Gasteiger partial charge in [0.25, 0.3) is 0 Å². The van der Waals surface area contributed by atoms with Crippen molar-refractivity contribution in [2.24, 2.45) is 0 Å². The summed E-state index contributed by atoms with van der Waals surface area (Å²) in [7, 11) is 1.64. The molecule has 6 heteroatoms. The molecule has 2 rings (SSSR count). The maximum absolute atomic E-state index is 6.07. The van der Waals surface area contributed by atoms with E-state index in [0.717, 1.165) is 34.7 Å². The van der Waals surface area contributed by atoms with Gasteiger partial charge in [-0.2, -0.15) is 0 Å². The Bertz CT molecular complexity index is 586. The first-order valence-electron chi connectivity index (χ1n) is 6.42. The molecule has 0 spiro atoms. The summed E-state index contributed by atoms with van der Waals surface area (Å²) in [5.74, 6) is 1.73. The predicted octanol–water partition coefficient (Wildman–Crippen LogP) is 4.33. The Morgan fingerprint density at radius 2 is 2.25 bits per heavy atom. The van der Waals surface area contributed by atoms with Crippen LogP contribution in [0, 0.1) is 0 Å². The van der Waals surface area contributed by atoms with Crippen molar-refractivity contribution >= 4 is 33.2 Å². The number of imidazole rings is 1. The van der Waals surface area contributed by atoms with Crippen LogP contribution in [-0.4, -0.2) is 16.7 Å². The molecule has 0 aliphatic heterocycles. The van der Waals surface area contributed by atoms with Crippen molar-refractivity contribution in [2.45, 2.75) is 26.4 Å². The predicted molar refractivity (Wildman–Crippen MR) is 85.5 cm³/mol. The highest BCUT2D eigenvalue weighted by Crippen LogP contribution is 2.36. The van der Waals surface area contributed by atoms with Crippen molar-refractivity contribution in [3.05, 3.63) is 39.8 Å². The van der Waals surface area contributed by atoms with Crippen LogP contribution in [0.2, 0.25) is 5.02 Å². The van der Waals surface area contributed by atoms with Gasteiger partial charge in [-0.05, 0) is 34.5 Å². The normalized spacial score (nSPS) is 10.6. The van der Waals surface area contributed by atoms with Crippen molar-refractivity contribution in [1.82, 2.24) is 9.55 Å². The van der Waals surface area contributed by atoms with Crippen molar-refractivity contribution in [1.29, 1.82) is 0 Å². The summed E-state index contributed by atoms with van der Waals surface area (Å²) in [4.78, 5) is 4.37. The highest BCUT2D eigenvalue weighted by molar-refractivity contribution is 9.10. The average Bonchev–Trinajstić information content (AvgIpc) is 2.84. The summed E-state index contributed by atoms with van der Waals surface area (Å²) in [5, 5.41) is 3.97. The minimum atomic E-state index is 0.621. The van der Waals surface area contributed by atoms with E-state index in [4.69, 9.17) is 16.3 Å². The standard InChI is InChI=1S/C14H17BrClN3O/c1-3-5-19-6-4-17-13(19)9-18-12-8-10(16)7-11(15)14(12)20-2/h4,6-8,18H,3,5,9H2,1-2H3. The van der Waals surface area contributed by atoms with E-state index in [1.807, 2.05) is 24.5 Å². The number of nitrogens with zero attached hydrogens (tertiary/aromatic N) is 2. The van der Waals surface area contributed by atoms with Crippen LogP contribution in [0.4, 0.5) is 5.69 Å². The van der Waals surface area contributed by atoms with Gasteiger partial charge in [-0.25, -0.2) is 4.98 Å². The molecule has 0 aliphatic rings. The lowest BCUT2D eigenvalue weighted by molar-refractivity contribution is 0.413. The molecule has 1 heterocycles. The summed E-state index contributed by atoms with van der Waals surface area (Å²) in [6.07, 6.45) is 4.89. The van der Waals surface area contributed by atoms with E-state index in [-0.39, 0.29) is 0 Å². The first-order chi connectivity index (χ1) is 9.65. The Hall–Kier alpha value is -1.20. The summed E-state index contributed by atoms with van der Waals surface area (Å²) in [6.45, 7) is 3.73. The second-order valence-electron chi connectivity index (χ2n) is 4.36. The number of rotatable bonds is 6. The summed E-state index contributed by atoms with van der Waals surface area (Å²) in [5.41, 5.74) is 0.845. The Labute approximate surface area is 132 Å². The van der Waals surface area contributed by atoms with Gasteiger partial charge >= 0.3 is 0 Å². The number of anilines is 1. The van der Waals surface area contributed by atoms with Crippen LogP contribution in [0.15, 0.2) is 29.0 Å². The lowest BCUT2D eigenvalue weighted by atomic mass is 10.3. The minimum Gasteiger partial charge on any atom is -0.493 e. The highest BCUT2D eigenvalue weighted by Gasteiger charge is 2.10. The number of nitrogens with one attached hydrogen (secondary N) is 1. The molecule has 4 nitrogen and oxygen atoms in total. The molecular formula is C14H17BrClN3O. The molecule has 0 aliphatic carbocycles. The molecule has 20 heavy (non-hydrogen) atoms. The molecule has 1 aromatic heterocycles. The molecule has 0 fully saturated rings. The van der Waals surface area contributed by atoms with E-state index >= 15 is 0 Å². The zero-order valence-electron chi connectivity index (χ0n) is 11.5. The van der Waals surface area contributed by atoms with E-state index in [1.165, 1.54) is 0 Å². The second kappa shape index (κ2) is 6.99. The van der Waals surface area contributed by atoms with Crippen molar-refractivity contribution in [2.75, 3.05) is 12.4 Å². The van der Waals surface area contributed by atoms with Crippen molar-refractivity contribution in [3.63, 3.8) is 0 Å². The summed E-state index contributed by atoms with van der Waals surface area (Å²) < 4.78 is 8.35. The second-order valence-corrected chi connectivity index (χ2v) is 5.65. The maximum Gasteiger partial charge on any atom is 0.156 e. The van der Waals surface area contributed by atoms with Gasteiger partial charge in [-0.15, -0.1) is 0 Å². The zero-order valence-corrected chi connectivity index (χ0v) is 13.8. The number of hydrogen-bond acceptors (Lipinski definition) is 3. The fourth-order valence-electron chi connectivity index (χ4n) is 2.03. The SMILES string of the molecule is CCCn1ccnc1CNc1cc(Cl)cc(Br)c1OC. The average molecular weight is 359 g/mol. The molecule has 1 N–H and O–H groups in total. The third kappa shape index (κ3) is 3.46. The van der Waals surface area contributed by atoms with Crippen molar-refractivity contribution in [3.8, 4) is 5.75 Å². The molecule has 2 aromatic rings. The van der Waals surface area contributed by atoms with E-state index in [0.29, 0.717) is 11.6 Å². The first-order valence-corrected chi connectivity index (χ1v) is 7.59. The topological polar surface area (TPSA) is 39.1 Å². The van der Waals surface area contributed by atoms with Gasteiger partial charge in [0.1, 0.15) is 5.82 Å². The van der Waals surface area contributed by atoms with Gasteiger partial charge < -0.3 is 14.6 Å². The van der Waals surface area contributed by atoms with Gasteiger partial charge in [0.05, 0.1) is 23.8 Å². The smallest absolute Gasteiger partial charge is 0.156 e. The molecule has 0 saturated heterocycles. The third-order valence-electron chi connectivity index (χ3n) is 2.92. The molecule has 108 valence electrons. The van der Waals surface area contributed by atoms with Gasteiger partial charge in [0.2, 0.25) is 0 Å². The lowest BCUT2D eigenvalue weighted by Crippen LogP contribution is -2.09. The Balaban J connectivity index is 2.16. The monoisotopic (exact) mass is 357 g/mol. The number of hydrogen-bond donors (Lipinski definition) is 1. The number of benzene rings is 1. The quantitative estimate of drug-likeness (QED) is 0.835. The van der Waals surface area contributed by atoms with Crippen LogP contribution in [0.1, 0.15) is 19.2 Å². The molecular weight excluding hydrogens is 342 g/mol. The number of aromatic nitrogens is 2. The molecule has 0 atom stereocenters. The van der Waals surface area contributed by atoms with Crippen LogP contribution in [0.25, 0.3) is 0 Å². The van der Waals surface area contributed by atoms with Gasteiger partial charge in [-0.3, -0.25) is 0 Å². The van der Waals surface area contributed by atoms with Crippen LogP contribution < -0.4 is 10.1 Å². The molecule has 0 amide bonds. The van der Waals surface area contributed by atoms with Gasteiger partial charge in [0.15, 0.2) is 5.75 Å².